The van der Waals surface area contributed by atoms with Gasteiger partial charge in [-0.15, -0.1) is 0 Å². The fourth-order valence-corrected chi connectivity index (χ4v) is 7.15. The molecular weight excluding hydrogens is 762 g/mol. The van der Waals surface area contributed by atoms with Crippen molar-refractivity contribution in [3.05, 3.63) is 60.8 Å². The molecule has 0 aliphatic rings. The van der Waals surface area contributed by atoms with E-state index in [2.05, 4.69) is 74.6 Å². The minimum Gasteiger partial charge on any atom is -0.462 e. The van der Waals surface area contributed by atoms with Gasteiger partial charge in [0.1, 0.15) is 6.61 Å². The van der Waals surface area contributed by atoms with Crippen molar-refractivity contribution in [1.29, 1.82) is 0 Å². The first-order chi connectivity index (χ1) is 28.8. The fourth-order valence-electron chi connectivity index (χ4n) is 6.39. The van der Waals surface area contributed by atoms with Crippen molar-refractivity contribution in [1.82, 2.24) is 0 Å². The molecule has 0 aromatic carbocycles. The minimum absolute atomic E-state index is 0.0487. The first-order valence-corrected chi connectivity index (χ1v) is 25.3. The van der Waals surface area contributed by atoms with Crippen molar-refractivity contribution < 1.29 is 37.6 Å². The normalized spacial score (nSPS) is 13.8. The SMILES string of the molecule is CC/C=C\C/C=C\C/C=C\CCCCCCCCCC(=O)OC(COC(=O)CCCCCCCCCCC/C=C\C/C=C\CCCCCCC)COP(=O)(O)OCCN. The van der Waals surface area contributed by atoms with Crippen LogP contribution in [0, 0.1) is 0 Å². The van der Waals surface area contributed by atoms with E-state index in [0.717, 1.165) is 77.0 Å². The second kappa shape index (κ2) is 45.2. The molecule has 0 saturated carbocycles. The van der Waals surface area contributed by atoms with Crippen LogP contribution in [0.1, 0.15) is 206 Å². The number of carbonyl (C=O) groups excluding carboxylic acids is 2. The molecule has 0 aliphatic heterocycles. The molecule has 2 unspecified atom stereocenters. The Hall–Kier alpha value is -2.29. The Kier molecular flexibility index (Phi) is 43.5. The summed E-state index contributed by atoms with van der Waals surface area (Å²) >= 11 is 0. The number of phosphoric acid groups is 1. The lowest BCUT2D eigenvalue weighted by Crippen LogP contribution is -2.29. The van der Waals surface area contributed by atoms with Crippen LogP contribution >= 0.6 is 7.82 Å². The molecule has 0 heterocycles. The van der Waals surface area contributed by atoms with Crippen LogP contribution in [0.25, 0.3) is 0 Å². The molecule has 0 radical (unpaired) electrons. The molecule has 0 fully saturated rings. The van der Waals surface area contributed by atoms with Gasteiger partial charge in [-0.05, 0) is 77.0 Å². The zero-order valence-corrected chi connectivity index (χ0v) is 38.6. The van der Waals surface area contributed by atoms with Gasteiger partial charge in [-0.25, -0.2) is 4.57 Å². The third-order valence-electron chi connectivity index (χ3n) is 9.89. The summed E-state index contributed by atoms with van der Waals surface area (Å²) in [4.78, 5) is 35.0. The number of hydrogen-bond donors (Lipinski definition) is 2. The van der Waals surface area contributed by atoms with Gasteiger partial charge < -0.3 is 20.1 Å². The molecular formula is C49H88NO8P. The third kappa shape index (κ3) is 45.1. The van der Waals surface area contributed by atoms with E-state index in [1.807, 2.05) is 0 Å². The topological polar surface area (TPSA) is 134 Å². The maximum atomic E-state index is 12.6. The molecule has 59 heavy (non-hydrogen) atoms. The fraction of sp³-hybridized carbons (Fsp3) is 0.755. The summed E-state index contributed by atoms with van der Waals surface area (Å²) in [6.45, 7) is 3.60. The summed E-state index contributed by atoms with van der Waals surface area (Å²) in [5, 5.41) is 0. The van der Waals surface area contributed by atoms with Crippen LogP contribution in [-0.4, -0.2) is 49.3 Å². The van der Waals surface area contributed by atoms with Crippen molar-refractivity contribution >= 4 is 19.8 Å². The second-order valence-corrected chi connectivity index (χ2v) is 17.0. The molecule has 0 rings (SSSR count). The molecule has 9 nitrogen and oxygen atoms in total. The number of rotatable bonds is 44. The molecule has 0 aromatic rings. The zero-order valence-electron chi connectivity index (χ0n) is 37.7. The molecule has 0 bridgehead atoms. The average Bonchev–Trinajstić information content (AvgIpc) is 3.22. The summed E-state index contributed by atoms with van der Waals surface area (Å²) in [6, 6.07) is 0. The average molecular weight is 850 g/mol. The zero-order chi connectivity index (χ0) is 43.2. The van der Waals surface area contributed by atoms with E-state index in [9.17, 15) is 19.0 Å². The van der Waals surface area contributed by atoms with E-state index in [0.29, 0.717) is 6.42 Å². The number of nitrogens with two attached hydrogens (primary N) is 1. The predicted molar refractivity (Wildman–Crippen MR) is 247 cm³/mol. The Bertz CT molecular complexity index is 1150. The molecule has 0 aromatic heterocycles. The first kappa shape index (κ1) is 56.7. The van der Waals surface area contributed by atoms with Crippen molar-refractivity contribution in [3.63, 3.8) is 0 Å². The minimum atomic E-state index is -4.39. The summed E-state index contributed by atoms with van der Waals surface area (Å²) in [6.07, 6.45) is 53.9. The van der Waals surface area contributed by atoms with Crippen LogP contribution in [0.15, 0.2) is 60.8 Å². The molecule has 3 N–H and O–H groups in total. The smallest absolute Gasteiger partial charge is 0.462 e. The molecule has 0 amide bonds. The highest BCUT2D eigenvalue weighted by atomic mass is 31.2. The maximum absolute atomic E-state index is 12.6. The summed E-state index contributed by atoms with van der Waals surface area (Å²) in [7, 11) is -4.39. The molecule has 0 saturated heterocycles. The quantitative estimate of drug-likeness (QED) is 0.0266. The van der Waals surface area contributed by atoms with E-state index in [4.69, 9.17) is 24.3 Å². The van der Waals surface area contributed by atoms with Crippen LogP contribution in [0.5, 0.6) is 0 Å². The molecule has 342 valence electrons. The van der Waals surface area contributed by atoms with E-state index >= 15 is 0 Å². The van der Waals surface area contributed by atoms with Crippen LogP contribution in [0.2, 0.25) is 0 Å². The van der Waals surface area contributed by atoms with Gasteiger partial charge in [0, 0.05) is 19.4 Å². The van der Waals surface area contributed by atoms with Gasteiger partial charge in [0.05, 0.1) is 13.2 Å². The molecule has 10 heteroatoms. The first-order valence-electron chi connectivity index (χ1n) is 23.8. The Morgan fingerprint density at radius 2 is 0.932 bits per heavy atom. The number of allylic oxidation sites excluding steroid dienone is 10. The number of phosphoric ester groups is 1. The van der Waals surface area contributed by atoms with Crippen LogP contribution in [-0.2, 0) is 32.7 Å². The van der Waals surface area contributed by atoms with Gasteiger partial charge in [0.2, 0.25) is 0 Å². The van der Waals surface area contributed by atoms with E-state index < -0.39 is 26.5 Å². The Labute approximate surface area is 361 Å². The summed E-state index contributed by atoms with van der Waals surface area (Å²) < 4.78 is 32.9. The highest BCUT2D eigenvalue weighted by Crippen LogP contribution is 2.43. The summed E-state index contributed by atoms with van der Waals surface area (Å²) in [5.41, 5.74) is 5.36. The van der Waals surface area contributed by atoms with Crippen molar-refractivity contribution in [2.45, 2.75) is 213 Å². The molecule has 0 aliphatic carbocycles. The second-order valence-electron chi connectivity index (χ2n) is 15.6. The monoisotopic (exact) mass is 850 g/mol. The van der Waals surface area contributed by atoms with E-state index in [1.165, 1.54) is 96.3 Å². The molecule has 0 spiro atoms. The van der Waals surface area contributed by atoms with E-state index in [-0.39, 0.29) is 38.6 Å². The number of esters is 2. The van der Waals surface area contributed by atoms with Gasteiger partial charge in [-0.2, -0.15) is 0 Å². The van der Waals surface area contributed by atoms with Gasteiger partial charge in [-0.1, -0.05) is 177 Å². The lowest BCUT2D eigenvalue weighted by atomic mass is 10.1. The van der Waals surface area contributed by atoms with E-state index in [1.54, 1.807) is 0 Å². The lowest BCUT2D eigenvalue weighted by Gasteiger charge is -2.19. The Morgan fingerprint density at radius 1 is 0.525 bits per heavy atom. The highest BCUT2D eigenvalue weighted by Gasteiger charge is 2.26. The van der Waals surface area contributed by atoms with Crippen LogP contribution in [0.4, 0.5) is 0 Å². The number of carbonyl (C=O) groups is 2. The maximum Gasteiger partial charge on any atom is 0.472 e. The number of hydrogen-bond acceptors (Lipinski definition) is 8. The van der Waals surface area contributed by atoms with Crippen LogP contribution < -0.4 is 5.73 Å². The van der Waals surface area contributed by atoms with Crippen molar-refractivity contribution in [3.8, 4) is 0 Å². The van der Waals surface area contributed by atoms with Gasteiger partial charge >= 0.3 is 19.8 Å². The number of ether oxygens (including phenoxy) is 2. The lowest BCUT2D eigenvalue weighted by molar-refractivity contribution is -0.161. The van der Waals surface area contributed by atoms with Gasteiger partial charge in [-0.3, -0.25) is 18.6 Å². The third-order valence-corrected chi connectivity index (χ3v) is 10.9. The largest absolute Gasteiger partial charge is 0.472 e. The highest BCUT2D eigenvalue weighted by molar-refractivity contribution is 7.47. The summed E-state index contributed by atoms with van der Waals surface area (Å²) in [5.74, 6) is -0.845. The molecule has 2 atom stereocenters. The standard InChI is InChI=1S/C49H88NO8P/c1-3-5-7-9-11-13-15-17-19-21-22-23-24-26-27-29-31-33-35-37-39-41-48(51)55-45-47(46-57-59(53,54)56-44-43-50)58-49(52)42-40-38-36-34-32-30-28-25-20-18-16-14-12-10-8-6-4-2/h6,8,12,14-15,17-18,20-22,47H,3-5,7,9-11,13,16,19,23-46,50H2,1-2H3,(H,53,54)/b8-6-,14-12-,17-15-,20-18-,22-21-. The van der Waals surface area contributed by atoms with Gasteiger partial charge in [0.15, 0.2) is 6.10 Å². The van der Waals surface area contributed by atoms with Gasteiger partial charge in [0.25, 0.3) is 0 Å². The van der Waals surface area contributed by atoms with Crippen molar-refractivity contribution in [2.24, 2.45) is 5.73 Å². The number of unbranched alkanes of at least 4 members (excludes halogenated alkanes) is 21. The Morgan fingerprint density at radius 3 is 1.39 bits per heavy atom. The van der Waals surface area contributed by atoms with Crippen molar-refractivity contribution in [2.75, 3.05) is 26.4 Å². The predicted octanol–water partition coefficient (Wildman–Crippen LogP) is 14.1. The Balaban J connectivity index is 4.11. The van der Waals surface area contributed by atoms with Crippen LogP contribution in [0.3, 0.4) is 0 Å².